The van der Waals surface area contributed by atoms with Crippen LogP contribution in [0.1, 0.15) is 25.3 Å². The third-order valence-electron chi connectivity index (χ3n) is 2.63. The summed E-state index contributed by atoms with van der Waals surface area (Å²) in [6, 6.07) is 3.24. The van der Waals surface area contributed by atoms with Crippen LogP contribution < -0.4 is 5.32 Å². The Kier molecular flexibility index (Phi) is 3.46. The molecule has 1 amide bonds. The van der Waals surface area contributed by atoms with Gasteiger partial charge in [0, 0.05) is 11.8 Å². The number of aromatic amines is 1. The van der Waals surface area contributed by atoms with Crippen LogP contribution in [0.25, 0.3) is 10.9 Å². The molecule has 0 fully saturated rings. The summed E-state index contributed by atoms with van der Waals surface area (Å²) in [5.74, 6) is -0.145. The summed E-state index contributed by atoms with van der Waals surface area (Å²) < 4.78 is 37.9. The molecular formula is C12H12F3N3O. The van der Waals surface area contributed by atoms with Gasteiger partial charge in [-0.15, -0.1) is 0 Å². The maximum absolute atomic E-state index is 12.6. The van der Waals surface area contributed by atoms with Gasteiger partial charge in [-0.05, 0) is 24.6 Å². The molecule has 4 nitrogen and oxygen atoms in total. The number of alkyl halides is 3. The van der Waals surface area contributed by atoms with E-state index in [9.17, 15) is 18.0 Å². The molecule has 19 heavy (non-hydrogen) atoms. The Morgan fingerprint density at radius 3 is 2.79 bits per heavy atom. The van der Waals surface area contributed by atoms with E-state index in [-0.39, 0.29) is 17.1 Å². The molecule has 0 saturated heterocycles. The normalized spacial score (nSPS) is 11.8. The molecule has 2 N–H and O–H groups in total. The summed E-state index contributed by atoms with van der Waals surface area (Å²) >= 11 is 0. The van der Waals surface area contributed by atoms with E-state index in [0.717, 1.165) is 12.1 Å². The minimum absolute atomic E-state index is 0.125. The van der Waals surface area contributed by atoms with Gasteiger partial charge in [-0.2, -0.15) is 18.3 Å². The van der Waals surface area contributed by atoms with E-state index >= 15 is 0 Å². The number of amides is 1. The van der Waals surface area contributed by atoms with Gasteiger partial charge >= 0.3 is 6.18 Å². The van der Waals surface area contributed by atoms with Gasteiger partial charge < -0.3 is 5.32 Å². The van der Waals surface area contributed by atoms with Gasteiger partial charge in [-0.3, -0.25) is 9.89 Å². The number of halogens is 3. The number of carbonyl (C=O) groups is 1. The molecular weight excluding hydrogens is 259 g/mol. The SMILES string of the molecule is CCCC(=O)Nc1n[nH]c2ccc(C(F)(F)F)cc12. The number of H-pyrrole nitrogens is 1. The Morgan fingerprint density at radius 1 is 1.42 bits per heavy atom. The topological polar surface area (TPSA) is 57.8 Å². The fourth-order valence-corrected chi connectivity index (χ4v) is 1.71. The van der Waals surface area contributed by atoms with Gasteiger partial charge in [0.05, 0.1) is 11.1 Å². The van der Waals surface area contributed by atoms with Gasteiger partial charge in [-0.25, -0.2) is 0 Å². The zero-order valence-corrected chi connectivity index (χ0v) is 10.1. The van der Waals surface area contributed by atoms with Crippen LogP contribution in [0.15, 0.2) is 18.2 Å². The number of nitrogens with one attached hydrogen (secondary N) is 2. The molecule has 0 radical (unpaired) electrons. The highest BCUT2D eigenvalue weighted by Crippen LogP contribution is 2.32. The number of rotatable bonds is 3. The Labute approximate surface area is 107 Å². The van der Waals surface area contributed by atoms with Crippen molar-refractivity contribution < 1.29 is 18.0 Å². The lowest BCUT2D eigenvalue weighted by Crippen LogP contribution is -2.11. The van der Waals surface area contributed by atoms with Crippen LogP contribution in [0.3, 0.4) is 0 Å². The summed E-state index contributed by atoms with van der Waals surface area (Å²) in [5, 5.41) is 9.14. The number of anilines is 1. The molecule has 0 aliphatic carbocycles. The van der Waals surface area contributed by atoms with Crippen molar-refractivity contribution in [1.82, 2.24) is 10.2 Å². The lowest BCUT2D eigenvalue weighted by atomic mass is 10.1. The predicted molar refractivity (Wildman–Crippen MR) is 64.6 cm³/mol. The van der Waals surface area contributed by atoms with Crippen LogP contribution in [0.2, 0.25) is 0 Å². The Hall–Kier alpha value is -2.05. The molecule has 1 aromatic heterocycles. The fraction of sp³-hybridized carbons (Fsp3) is 0.333. The van der Waals surface area contributed by atoms with Gasteiger partial charge in [0.2, 0.25) is 5.91 Å². The van der Waals surface area contributed by atoms with E-state index in [1.54, 1.807) is 0 Å². The molecule has 0 atom stereocenters. The van der Waals surface area contributed by atoms with Crippen LogP contribution in [0, 0.1) is 0 Å². The summed E-state index contributed by atoms with van der Waals surface area (Å²) in [6.45, 7) is 1.84. The quantitative estimate of drug-likeness (QED) is 0.899. The Balaban J connectivity index is 2.37. The van der Waals surface area contributed by atoms with Crippen molar-refractivity contribution in [3.05, 3.63) is 23.8 Å². The smallest absolute Gasteiger partial charge is 0.309 e. The molecule has 1 heterocycles. The number of hydrogen-bond donors (Lipinski definition) is 2. The number of fused-ring (bicyclic) bond motifs is 1. The minimum atomic E-state index is -4.42. The van der Waals surface area contributed by atoms with Crippen LogP contribution in [0.4, 0.5) is 19.0 Å². The molecule has 0 unspecified atom stereocenters. The third kappa shape index (κ3) is 2.86. The van der Waals surface area contributed by atoms with Crippen LogP contribution >= 0.6 is 0 Å². The first kappa shape index (κ1) is 13.4. The average Bonchev–Trinajstić information content (AvgIpc) is 2.71. The second-order valence-electron chi connectivity index (χ2n) is 4.13. The molecule has 1 aromatic carbocycles. The number of hydrogen-bond acceptors (Lipinski definition) is 2. The monoisotopic (exact) mass is 271 g/mol. The molecule has 0 aliphatic rings. The van der Waals surface area contributed by atoms with Crippen molar-refractivity contribution in [3.8, 4) is 0 Å². The molecule has 0 bridgehead atoms. The molecule has 7 heteroatoms. The summed E-state index contributed by atoms with van der Waals surface area (Å²) in [4.78, 5) is 11.4. The molecule has 0 spiro atoms. The van der Waals surface area contributed by atoms with Crippen LogP contribution in [0.5, 0.6) is 0 Å². The van der Waals surface area contributed by atoms with E-state index in [1.807, 2.05) is 6.92 Å². The number of nitrogens with zero attached hydrogens (tertiary/aromatic N) is 1. The minimum Gasteiger partial charge on any atom is -0.309 e. The van der Waals surface area contributed by atoms with Crippen LogP contribution in [-0.2, 0) is 11.0 Å². The zero-order chi connectivity index (χ0) is 14.0. The third-order valence-corrected chi connectivity index (χ3v) is 2.63. The van der Waals surface area contributed by atoms with Crippen molar-refractivity contribution in [3.63, 3.8) is 0 Å². The maximum atomic E-state index is 12.6. The van der Waals surface area contributed by atoms with Crippen LogP contribution in [-0.4, -0.2) is 16.1 Å². The van der Waals surface area contributed by atoms with Crippen molar-refractivity contribution in [2.24, 2.45) is 0 Å². The lowest BCUT2D eigenvalue weighted by Gasteiger charge is -2.06. The molecule has 2 aromatic rings. The summed E-state index contributed by atoms with van der Waals surface area (Å²) in [5.41, 5.74) is -0.327. The highest BCUT2D eigenvalue weighted by atomic mass is 19.4. The highest BCUT2D eigenvalue weighted by Gasteiger charge is 2.31. The van der Waals surface area contributed by atoms with Gasteiger partial charge in [-0.1, -0.05) is 6.92 Å². The van der Waals surface area contributed by atoms with Crippen molar-refractivity contribution in [2.75, 3.05) is 5.32 Å². The van der Waals surface area contributed by atoms with Crippen molar-refractivity contribution in [2.45, 2.75) is 25.9 Å². The van der Waals surface area contributed by atoms with Gasteiger partial charge in [0.1, 0.15) is 0 Å². The summed E-state index contributed by atoms with van der Waals surface area (Å²) in [6.07, 6.45) is -3.47. The largest absolute Gasteiger partial charge is 0.416 e. The molecule has 0 saturated carbocycles. The first-order valence-corrected chi connectivity index (χ1v) is 5.77. The number of carbonyl (C=O) groups excluding carboxylic acids is 1. The van der Waals surface area contributed by atoms with Gasteiger partial charge in [0.15, 0.2) is 5.82 Å². The lowest BCUT2D eigenvalue weighted by molar-refractivity contribution is -0.137. The number of benzene rings is 1. The molecule has 0 aliphatic heterocycles. The first-order valence-electron chi connectivity index (χ1n) is 5.77. The van der Waals surface area contributed by atoms with Gasteiger partial charge in [0.25, 0.3) is 0 Å². The maximum Gasteiger partial charge on any atom is 0.416 e. The van der Waals surface area contributed by atoms with E-state index in [1.165, 1.54) is 6.07 Å². The Bertz CT molecular complexity index is 604. The predicted octanol–water partition coefficient (Wildman–Crippen LogP) is 3.32. The van der Waals surface area contributed by atoms with Crippen molar-refractivity contribution >= 4 is 22.6 Å². The van der Waals surface area contributed by atoms with E-state index in [0.29, 0.717) is 18.4 Å². The van der Waals surface area contributed by atoms with E-state index in [4.69, 9.17) is 0 Å². The zero-order valence-electron chi connectivity index (χ0n) is 10.1. The standard InChI is InChI=1S/C12H12F3N3O/c1-2-3-10(19)16-11-8-6-7(12(13,14)15)4-5-9(8)17-18-11/h4-6H,2-3H2,1H3,(H2,16,17,18,19). The van der Waals surface area contributed by atoms with Crippen molar-refractivity contribution in [1.29, 1.82) is 0 Å². The second-order valence-corrected chi connectivity index (χ2v) is 4.13. The Morgan fingerprint density at radius 2 is 2.16 bits per heavy atom. The van der Waals surface area contributed by atoms with E-state index in [2.05, 4.69) is 15.5 Å². The fourth-order valence-electron chi connectivity index (χ4n) is 1.71. The highest BCUT2D eigenvalue weighted by molar-refractivity contribution is 5.99. The molecule has 102 valence electrons. The first-order chi connectivity index (χ1) is 8.91. The number of aromatic nitrogens is 2. The second kappa shape index (κ2) is 4.91. The van der Waals surface area contributed by atoms with E-state index < -0.39 is 11.7 Å². The summed E-state index contributed by atoms with van der Waals surface area (Å²) in [7, 11) is 0. The molecule has 2 rings (SSSR count). The average molecular weight is 271 g/mol.